The lowest BCUT2D eigenvalue weighted by molar-refractivity contribution is -0.149. The smallest absolute Gasteiger partial charge is 0.308 e. The standard InChI is InChI=1S/C22H21ClN2O4/c1-14-7-8-19(18(23)11-14)24-21(27)13-29-22(28)12-20-17-6-4-3-5-16(17)9-10-25(20)15(2)26/h3-11,20H,12-13H2,1-2H3,(H,24,27)/t20-/m1/s1. The first kappa shape index (κ1) is 20.6. The number of rotatable bonds is 5. The molecule has 1 aliphatic rings. The maximum atomic E-state index is 12.4. The van der Waals surface area contributed by atoms with E-state index in [1.54, 1.807) is 18.3 Å². The maximum absolute atomic E-state index is 12.4. The van der Waals surface area contributed by atoms with Crippen molar-refractivity contribution in [1.29, 1.82) is 0 Å². The number of esters is 1. The molecule has 1 atom stereocenters. The number of benzene rings is 2. The van der Waals surface area contributed by atoms with Crippen molar-refractivity contribution >= 4 is 41.1 Å². The molecule has 0 radical (unpaired) electrons. The first-order chi connectivity index (χ1) is 13.8. The number of fused-ring (bicyclic) bond motifs is 1. The molecule has 0 bridgehead atoms. The van der Waals surface area contributed by atoms with Crippen molar-refractivity contribution in [3.8, 4) is 0 Å². The van der Waals surface area contributed by atoms with Gasteiger partial charge in [0.2, 0.25) is 5.91 Å². The van der Waals surface area contributed by atoms with E-state index in [0.717, 1.165) is 16.7 Å². The average molecular weight is 413 g/mol. The Morgan fingerprint density at radius 2 is 1.93 bits per heavy atom. The van der Waals surface area contributed by atoms with E-state index in [1.165, 1.54) is 11.8 Å². The van der Waals surface area contributed by atoms with Crippen LogP contribution in [0.4, 0.5) is 5.69 Å². The van der Waals surface area contributed by atoms with Crippen molar-refractivity contribution in [1.82, 2.24) is 4.90 Å². The minimum Gasteiger partial charge on any atom is -0.455 e. The zero-order valence-corrected chi connectivity index (χ0v) is 16.9. The lowest BCUT2D eigenvalue weighted by Crippen LogP contribution is -2.33. The second kappa shape index (κ2) is 8.92. The highest BCUT2D eigenvalue weighted by atomic mass is 35.5. The zero-order valence-electron chi connectivity index (χ0n) is 16.1. The molecule has 29 heavy (non-hydrogen) atoms. The lowest BCUT2D eigenvalue weighted by atomic mass is 9.94. The van der Waals surface area contributed by atoms with Gasteiger partial charge in [-0.2, -0.15) is 0 Å². The molecule has 1 N–H and O–H groups in total. The van der Waals surface area contributed by atoms with Crippen LogP contribution in [0.2, 0.25) is 5.02 Å². The fourth-order valence-electron chi connectivity index (χ4n) is 3.18. The largest absolute Gasteiger partial charge is 0.455 e. The van der Waals surface area contributed by atoms with E-state index in [4.69, 9.17) is 16.3 Å². The maximum Gasteiger partial charge on any atom is 0.308 e. The summed E-state index contributed by atoms with van der Waals surface area (Å²) in [5, 5.41) is 3.02. The van der Waals surface area contributed by atoms with E-state index >= 15 is 0 Å². The first-order valence-electron chi connectivity index (χ1n) is 9.13. The van der Waals surface area contributed by atoms with Gasteiger partial charge in [-0.15, -0.1) is 0 Å². The number of amides is 2. The van der Waals surface area contributed by atoms with Gasteiger partial charge in [0.1, 0.15) is 0 Å². The summed E-state index contributed by atoms with van der Waals surface area (Å²) in [6.45, 7) is 2.89. The van der Waals surface area contributed by atoms with Gasteiger partial charge in [0.05, 0.1) is 23.2 Å². The highest BCUT2D eigenvalue weighted by Crippen LogP contribution is 2.33. The summed E-state index contributed by atoms with van der Waals surface area (Å²) in [6, 6.07) is 12.3. The highest BCUT2D eigenvalue weighted by molar-refractivity contribution is 6.33. The van der Waals surface area contributed by atoms with Gasteiger partial charge in [-0.25, -0.2) is 0 Å². The molecular formula is C22H21ClN2O4. The molecule has 150 valence electrons. The summed E-state index contributed by atoms with van der Waals surface area (Å²) < 4.78 is 5.13. The molecule has 0 aromatic heterocycles. The third-order valence-electron chi connectivity index (χ3n) is 4.59. The number of hydrogen-bond acceptors (Lipinski definition) is 4. The Bertz CT molecular complexity index is 987. The van der Waals surface area contributed by atoms with Crippen LogP contribution in [0.25, 0.3) is 6.08 Å². The SMILES string of the molecule is CC(=O)N1C=Cc2ccccc2[C@H]1CC(=O)OCC(=O)Nc1ccc(C)cc1Cl. The first-order valence-corrected chi connectivity index (χ1v) is 9.50. The van der Waals surface area contributed by atoms with Crippen molar-refractivity contribution in [2.75, 3.05) is 11.9 Å². The van der Waals surface area contributed by atoms with Gasteiger partial charge in [0.25, 0.3) is 5.91 Å². The monoisotopic (exact) mass is 412 g/mol. The minimum absolute atomic E-state index is 0.0561. The summed E-state index contributed by atoms with van der Waals surface area (Å²) in [6.07, 6.45) is 3.44. The Labute approximate surface area is 174 Å². The summed E-state index contributed by atoms with van der Waals surface area (Å²) in [4.78, 5) is 37.9. The predicted molar refractivity (Wildman–Crippen MR) is 111 cm³/mol. The quantitative estimate of drug-likeness (QED) is 0.750. The normalized spacial score (nSPS) is 14.9. The molecule has 0 fully saturated rings. The molecule has 7 heteroatoms. The van der Waals surface area contributed by atoms with Crippen LogP contribution in [-0.4, -0.2) is 29.3 Å². The van der Waals surface area contributed by atoms with Crippen LogP contribution in [0.1, 0.15) is 36.1 Å². The van der Waals surface area contributed by atoms with E-state index in [0.29, 0.717) is 10.7 Å². The van der Waals surface area contributed by atoms with Crippen molar-refractivity contribution < 1.29 is 19.1 Å². The summed E-state index contributed by atoms with van der Waals surface area (Å²) in [5.74, 6) is -1.24. The van der Waals surface area contributed by atoms with Gasteiger partial charge >= 0.3 is 5.97 Å². The molecule has 1 aliphatic heterocycles. The predicted octanol–water partition coefficient (Wildman–Crippen LogP) is 4.09. The van der Waals surface area contributed by atoms with Crippen molar-refractivity contribution in [2.24, 2.45) is 0 Å². The molecule has 0 spiro atoms. The topological polar surface area (TPSA) is 75.7 Å². The molecule has 2 aromatic rings. The Hall–Kier alpha value is -3.12. The van der Waals surface area contributed by atoms with E-state index in [2.05, 4.69) is 5.32 Å². The van der Waals surface area contributed by atoms with Gasteiger partial charge in [0.15, 0.2) is 6.61 Å². The lowest BCUT2D eigenvalue weighted by Gasteiger charge is -2.32. The van der Waals surface area contributed by atoms with Crippen LogP contribution in [-0.2, 0) is 19.1 Å². The molecule has 0 unspecified atom stereocenters. The van der Waals surface area contributed by atoms with Gasteiger partial charge in [-0.3, -0.25) is 14.4 Å². The second-order valence-corrected chi connectivity index (χ2v) is 7.19. The van der Waals surface area contributed by atoms with Crippen LogP contribution in [0, 0.1) is 6.92 Å². The number of ether oxygens (including phenoxy) is 1. The van der Waals surface area contributed by atoms with E-state index < -0.39 is 24.5 Å². The van der Waals surface area contributed by atoms with Gasteiger partial charge < -0.3 is 15.0 Å². The number of anilines is 1. The third-order valence-corrected chi connectivity index (χ3v) is 4.90. The molecule has 0 saturated carbocycles. The number of nitrogens with one attached hydrogen (secondary N) is 1. The molecule has 2 aromatic carbocycles. The Balaban J connectivity index is 1.61. The van der Waals surface area contributed by atoms with Crippen LogP contribution in [0.15, 0.2) is 48.7 Å². The molecule has 6 nitrogen and oxygen atoms in total. The number of halogens is 1. The summed E-state index contributed by atoms with van der Waals surface area (Å²) >= 11 is 6.09. The Morgan fingerprint density at radius 1 is 1.17 bits per heavy atom. The highest BCUT2D eigenvalue weighted by Gasteiger charge is 2.29. The van der Waals surface area contributed by atoms with E-state index in [1.807, 2.05) is 43.3 Å². The Morgan fingerprint density at radius 3 is 2.66 bits per heavy atom. The fourth-order valence-corrected chi connectivity index (χ4v) is 3.47. The molecule has 0 aliphatic carbocycles. The fraction of sp³-hybridized carbons (Fsp3) is 0.227. The van der Waals surface area contributed by atoms with E-state index in [-0.39, 0.29) is 12.3 Å². The molecule has 1 heterocycles. The van der Waals surface area contributed by atoms with E-state index in [9.17, 15) is 14.4 Å². The number of carbonyl (C=O) groups is 3. The molecule has 0 saturated heterocycles. The van der Waals surface area contributed by atoms with Crippen molar-refractivity contribution in [3.63, 3.8) is 0 Å². The average Bonchev–Trinajstić information content (AvgIpc) is 2.68. The minimum atomic E-state index is -0.573. The third kappa shape index (κ3) is 5.03. The summed E-state index contributed by atoms with van der Waals surface area (Å²) in [5.41, 5.74) is 3.22. The van der Waals surface area contributed by atoms with Crippen molar-refractivity contribution in [2.45, 2.75) is 26.3 Å². The summed E-state index contributed by atoms with van der Waals surface area (Å²) in [7, 11) is 0. The number of carbonyl (C=O) groups excluding carboxylic acids is 3. The number of aryl methyl sites for hydroxylation is 1. The van der Waals surface area contributed by atoms with Gasteiger partial charge in [-0.05, 0) is 41.8 Å². The second-order valence-electron chi connectivity index (χ2n) is 6.78. The zero-order chi connectivity index (χ0) is 21.0. The number of nitrogens with zero attached hydrogens (tertiary/aromatic N) is 1. The molecule has 3 rings (SSSR count). The van der Waals surface area contributed by atoms with Crippen LogP contribution in [0.3, 0.4) is 0 Å². The molecular weight excluding hydrogens is 392 g/mol. The van der Waals surface area contributed by atoms with Crippen LogP contribution >= 0.6 is 11.6 Å². The van der Waals surface area contributed by atoms with Gasteiger partial charge in [0, 0.05) is 13.1 Å². The number of hydrogen-bond donors (Lipinski definition) is 1. The van der Waals surface area contributed by atoms with Crippen LogP contribution in [0.5, 0.6) is 0 Å². The van der Waals surface area contributed by atoms with Gasteiger partial charge in [-0.1, -0.05) is 41.9 Å². The van der Waals surface area contributed by atoms with Crippen LogP contribution < -0.4 is 5.32 Å². The molecule has 2 amide bonds. The van der Waals surface area contributed by atoms with Crippen molar-refractivity contribution in [3.05, 3.63) is 70.4 Å². The Kier molecular flexibility index (Phi) is 6.34.